The fourth-order valence-corrected chi connectivity index (χ4v) is 2.96. The summed E-state index contributed by atoms with van der Waals surface area (Å²) in [5.41, 5.74) is 7.17. The molecular weight excluding hydrogens is 346 g/mol. The lowest BCUT2D eigenvalue weighted by Crippen LogP contribution is -2.17. The number of nitrogens with zero attached hydrogens (tertiary/aromatic N) is 1. The zero-order valence-electron chi connectivity index (χ0n) is 16.9. The molecule has 1 atom stereocenters. The molecule has 0 aromatic heterocycles. The minimum Gasteiger partial charge on any atom is -0.461 e. The standard InChI is InChI=1S/C25H27NO2/c1-17(2)25(27)28-24-15-14-23(16-20(24)5)26(21-10-6-18(3)7-11-21)22-12-8-19(4)9-13-22/h6-16,25,27H,1H2,2-5H3. The Hall–Kier alpha value is -3.04. The summed E-state index contributed by atoms with van der Waals surface area (Å²) in [5.74, 6) is 0.645. The minimum absolute atomic E-state index is 0.574. The first kappa shape index (κ1) is 19.7. The van der Waals surface area contributed by atoms with E-state index in [0.29, 0.717) is 11.3 Å². The number of benzene rings is 3. The van der Waals surface area contributed by atoms with Gasteiger partial charge < -0.3 is 14.7 Å². The maximum Gasteiger partial charge on any atom is 0.219 e. The molecule has 0 bridgehead atoms. The van der Waals surface area contributed by atoms with Crippen LogP contribution < -0.4 is 9.64 Å². The number of aliphatic hydroxyl groups is 1. The highest BCUT2D eigenvalue weighted by molar-refractivity contribution is 5.77. The van der Waals surface area contributed by atoms with E-state index in [2.05, 4.69) is 79.9 Å². The van der Waals surface area contributed by atoms with Gasteiger partial charge in [-0.3, -0.25) is 0 Å². The average molecular weight is 373 g/mol. The summed E-state index contributed by atoms with van der Waals surface area (Å²) in [5, 5.41) is 9.96. The van der Waals surface area contributed by atoms with Gasteiger partial charge in [0, 0.05) is 17.1 Å². The van der Waals surface area contributed by atoms with E-state index >= 15 is 0 Å². The van der Waals surface area contributed by atoms with Crippen molar-refractivity contribution in [2.75, 3.05) is 4.90 Å². The van der Waals surface area contributed by atoms with E-state index < -0.39 is 6.29 Å². The molecule has 0 radical (unpaired) electrons. The molecule has 3 nitrogen and oxygen atoms in total. The Balaban J connectivity index is 2.03. The van der Waals surface area contributed by atoms with Gasteiger partial charge in [0.15, 0.2) is 0 Å². The van der Waals surface area contributed by atoms with Gasteiger partial charge in [-0.05, 0) is 81.3 Å². The zero-order chi connectivity index (χ0) is 20.3. The van der Waals surface area contributed by atoms with Crippen molar-refractivity contribution in [2.24, 2.45) is 0 Å². The number of aliphatic hydroxyl groups excluding tert-OH is 1. The number of ether oxygens (including phenoxy) is 1. The highest BCUT2D eigenvalue weighted by atomic mass is 16.6. The SMILES string of the molecule is C=C(C)C(O)Oc1ccc(N(c2ccc(C)cc2)c2ccc(C)cc2)cc1C. The minimum atomic E-state index is -1.00. The first-order valence-electron chi connectivity index (χ1n) is 9.39. The zero-order valence-corrected chi connectivity index (χ0v) is 16.9. The van der Waals surface area contributed by atoms with Gasteiger partial charge in [-0.1, -0.05) is 42.0 Å². The molecule has 144 valence electrons. The molecule has 0 aliphatic carbocycles. The summed E-state index contributed by atoms with van der Waals surface area (Å²) < 4.78 is 5.62. The first-order chi connectivity index (χ1) is 13.3. The van der Waals surface area contributed by atoms with Crippen molar-refractivity contribution in [3.8, 4) is 5.75 Å². The van der Waals surface area contributed by atoms with Gasteiger partial charge in [0.2, 0.25) is 6.29 Å². The number of aryl methyl sites for hydroxylation is 3. The molecule has 1 N–H and O–H groups in total. The van der Waals surface area contributed by atoms with E-state index in [1.165, 1.54) is 11.1 Å². The maximum atomic E-state index is 9.96. The summed E-state index contributed by atoms with van der Waals surface area (Å²) >= 11 is 0. The second-order valence-corrected chi connectivity index (χ2v) is 7.27. The van der Waals surface area contributed by atoms with Gasteiger partial charge in [-0.15, -0.1) is 0 Å². The number of rotatable bonds is 6. The van der Waals surface area contributed by atoms with Crippen LogP contribution >= 0.6 is 0 Å². The molecule has 0 aliphatic heterocycles. The molecule has 0 spiro atoms. The van der Waals surface area contributed by atoms with Crippen LogP contribution in [-0.2, 0) is 0 Å². The third-order valence-electron chi connectivity index (χ3n) is 4.66. The molecule has 0 saturated carbocycles. The molecule has 28 heavy (non-hydrogen) atoms. The molecule has 1 unspecified atom stereocenters. The van der Waals surface area contributed by atoms with Crippen LogP contribution in [0, 0.1) is 20.8 Å². The molecule has 0 amide bonds. The quantitative estimate of drug-likeness (QED) is 0.403. The Kier molecular flexibility index (Phi) is 5.86. The van der Waals surface area contributed by atoms with Crippen molar-refractivity contribution in [3.05, 3.63) is 95.6 Å². The highest BCUT2D eigenvalue weighted by Gasteiger charge is 2.15. The van der Waals surface area contributed by atoms with Crippen LogP contribution in [0.4, 0.5) is 17.1 Å². The fourth-order valence-electron chi connectivity index (χ4n) is 2.96. The molecule has 0 saturated heterocycles. The summed E-state index contributed by atoms with van der Waals surface area (Å²) in [6.07, 6.45) is -1.00. The number of anilines is 3. The van der Waals surface area contributed by atoms with Crippen LogP contribution in [0.2, 0.25) is 0 Å². The lowest BCUT2D eigenvalue weighted by Gasteiger charge is -2.26. The first-order valence-corrected chi connectivity index (χ1v) is 9.39. The Morgan fingerprint density at radius 3 is 1.71 bits per heavy atom. The summed E-state index contributed by atoms with van der Waals surface area (Å²) in [6, 6.07) is 22.9. The van der Waals surface area contributed by atoms with Crippen LogP contribution in [0.3, 0.4) is 0 Å². The maximum absolute atomic E-state index is 9.96. The van der Waals surface area contributed by atoms with E-state index in [1.807, 2.05) is 19.1 Å². The smallest absolute Gasteiger partial charge is 0.219 e. The van der Waals surface area contributed by atoms with E-state index in [1.54, 1.807) is 6.92 Å². The predicted molar refractivity (Wildman–Crippen MR) is 117 cm³/mol. The molecule has 0 heterocycles. The largest absolute Gasteiger partial charge is 0.461 e. The van der Waals surface area contributed by atoms with E-state index in [9.17, 15) is 5.11 Å². The fraction of sp³-hybridized carbons (Fsp3) is 0.200. The van der Waals surface area contributed by atoms with Crippen molar-refractivity contribution in [1.29, 1.82) is 0 Å². The highest BCUT2D eigenvalue weighted by Crippen LogP contribution is 2.36. The molecule has 3 heteroatoms. The van der Waals surface area contributed by atoms with Gasteiger partial charge >= 0.3 is 0 Å². The van der Waals surface area contributed by atoms with Crippen LogP contribution in [-0.4, -0.2) is 11.4 Å². The molecule has 3 aromatic rings. The topological polar surface area (TPSA) is 32.7 Å². The Morgan fingerprint density at radius 1 is 0.821 bits per heavy atom. The molecular formula is C25H27NO2. The van der Waals surface area contributed by atoms with Crippen LogP contribution in [0.15, 0.2) is 78.9 Å². The van der Waals surface area contributed by atoms with Crippen molar-refractivity contribution >= 4 is 17.1 Å². The summed E-state index contributed by atoms with van der Waals surface area (Å²) in [7, 11) is 0. The average Bonchev–Trinajstić information content (AvgIpc) is 2.67. The van der Waals surface area contributed by atoms with E-state index in [0.717, 1.165) is 22.6 Å². The van der Waals surface area contributed by atoms with Gasteiger partial charge in [-0.2, -0.15) is 0 Å². The van der Waals surface area contributed by atoms with Crippen molar-refractivity contribution in [3.63, 3.8) is 0 Å². The Morgan fingerprint density at radius 2 is 1.29 bits per heavy atom. The molecule has 0 fully saturated rings. The van der Waals surface area contributed by atoms with Crippen molar-refractivity contribution in [1.82, 2.24) is 0 Å². The van der Waals surface area contributed by atoms with Gasteiger partial charge in [0.05, 0.1) is 0 Å². The van der Waals surface area contributed by atoms with Gasteiger partial charge in [-0.25, -0.2) is 0 Å². The Bertz CT molecular complexity index is 913. The Labute approximate surface area is 167 Å². The number of hydrogen-bond donors (Lipinski definition) is 1. The normalized spacial score (nSPS) is 11.8. The molecule has 3 rings (SSSR count). The predicted octanol–water partition coefficient (Wildman–Crippen LogP) is 6.35. The monoisotopic (exact) mass is 373 g/mol. The third kappa shape index (κ3) is 4.44. The van der Waals surface area contributed by atoms with Gasteiger partial charge in [0.25, 0.3) is 0 Å². The molecule has 3 aromatic carbocycles. The van der Waals surface area contributed by atoms with Crippen LogP contribution in [0.5, 0.6) is 5.75 Å². The van der Waals surface area contributed by atoms with Crippen LogP contribution in [0.1, 0.15) is 23.6 Å². The van der Waals surface area contributed by atoms with Crippen molar-refractivity contribution in [2.45, 2.75) is 34.0 Å². The summed E-state index contributed by atoms with van der Waals surface area (Å²) in [4.78, 5) is 2.21. The second-order valence-electron chi connectivity index (χ2n) is 7.27. The van der Waals surface area contributed by atoms with Crippen LogP contribution in [0.25, 0.3) is 0 Å². The lowest BCUT2D eigenvalue weighted by molar-refractivity contribution is 0.0146. The van der Waals surface area contributed by atoms with E-state index in [-0.39, 0.29) is 0 Å². The lowest BCUT2D eigenvalue weighted by atomic mass is 10.1. The van der Waals surface area contributed by atoms with E-state index in [4.69, 9.17) is 4.74 Å². The third-order valence-corrected chi connectivity index (χ3v) is 4.66. The van der Waals surface area contributed by atoms with Gasteiger partial charge in [0.1, 0.15) is 5.75 Å². The van der Waals surface area contributed by atoms with Crippen molar-refractivity contribution < 1.29 is 9.84 Å². The molecule has 0 aliphatic rings. The summed E-state index contributed by atoms with van der Waals surface area (Å²) in [6.45, 7) is 11.6. The second kappa shape index (κ2) is 8.32. The number of hydrogen-bond acceptors (Lipinski definition) is 3.